The predicted octanol–water partition coefficient (Wildman–Crippen LogP) is 6.34. The van der Waals surface area contributed by atoms with Crippen LogP contribution in [0.5, 0.6) is 0 Å². The third-order valence-corrected chi connectivity index (χ3v) is 4.73. The number of hydrogen-bond acceptors (Lipinski definition) is 2. The lowest BCUT2D eigenvalue weighted by Crippen LogP contribution is -2.01. The van der Waals surface area contributed by atoms with Crippen LogP contribution in [0, 0.1) is 0 Å². The largest absolute Gasteiger partial charge is 0.381 e. The summed E-state index contributed by atoms with van der Waals surface area (Å²) in [5, 5.41) is 2.72. The van der Waals surface area contributed by atoms with Crippen molar-refractivity contribution in [3.63, 3.8) is 0 Å². The molecule has 0 aliphatic carbocycles. The molecule has 2 nitrogen and oxygen atoms in total. The predicted molar refractivity (Wildman–Crippen MR) is 112 cm³/mol. The van der Waals surface area contributed by atoms with Crippen LogP contribution in [0.1, 0.15) is 63.5 Å². The number of benzene rings is 2. The molecule has 2 aromatic carbocycles. The number of unbranched alkanes of at least 4 members (excludes halogenated alkanes) is 2. The van der Waals surface area contributed by atoms with Crippen molar-refractivity contribution in [1.82, 2.24) is 0 Å². The van der Waals surface area contributed by atoms with Crippen molar-refractivity contribution >= 4 is 10.8 Å². The Kier molecular flexibility index (Phi) is 10.4. The van der Waals surface area contributed by atoms with E-state index in [0.717, 1.165) is 65.0 Å². The molecule has 0 aliphatic rings. The molecule has 0 atom stereocenters. The molecule has 0 saturated heterocycles. The summed E-state index contributed by atoms with van der Waals surface area (Å²) < 4.78 is 11.2. The quantitative estimate of drug-likeness (QED) is 0.368. The van der Waals surface area contributed by atoms with Crippen LogP contribution < -0.4 is 0 Å². The highest BCUT2D eigenvalue weighted by molar-refractivity contribution is 5.84. The van der Waals surface area contributed by atoms with Gasteiger partial charge in [-0.05, 0) is 73.3 Å². The molecule has 144 valence electrons. The van der Waals surface area contributed by atoms with Crippen molar-refractivity contribution in [3.05, 3.63) is 47.5 Å². The summed E-state index contributed by atoms with van der Waals surface area (Å²) in [6.45, 7) is 7.89. The van der Waals surface area contributed by atoms with E-state index in [4.69, 9.17) is 9.47 Å². The lowest BCUT2D eigenvalue weighted by molar-refractivity contribution is 0.131. The monoisotopic (exact) mass is 356 g/mol. The van der Waals surface area contributed by atoms with Crippen LogP contribution in [0.15, 0.2) is 36.4 Å². The van der Waals surface area contributed by atoms with E-state index >= 15 is 0 Å². The molecule has 0 saturated carbocycles. The van der Waals surface area contributed by atoms with Gasteiger partial charge in [0.15, 0.2) is 0 Å². The van der Waals surface area contributed by atoms with Crippen molar-refractivity contribution in [2.45, 2.75) is 65.2 Å². The van der Waals surface area contributed by atoms with Crippen LogP contribution in [0.3, 0.4) is 0 Å². The minimum Gasteiger partial charge on any atom is -0.381 e. The van der Waals surface area contributed by atoms with E-state index in [1.165, 1.54) is 34.7 Å². The SMILES string of the molecule is CCCOCCCCc1cc2ccccc2cc1CCCCOCCC. The zero-order valence-corrected chi connectivity index (χ0v) is 16.8. The molecule has 0 bridgehead atoms. The first-order valence-electron chi connectivity index (χ1n) is 10.5. The van der Waals surface area contributed by atoms with Crippen LogP contribution in [-0.2, 0) is 22.3 Å². The molecular weight excluding hydrogens is 320 g/mol. The van der Waals surface area contributed by atoms with Crippen molar-refractivity contribution in [3.8, 4) is 0 Å². The standard InChI is InChI=1S/C24H36O2/c1-3-15-25-17-9-7-13-23-19-21-11-5-6-12-22(21)20-24(23)14-8-10-18-26-16-4-2/h5-6,11-12,19-20H,3-4,7-10,13-18H2,1-2H3. The highest BCUT2D eigenvalue weighted by atomic mass is 16.5. The van der Waals surface area contributed by atoms with Crippen molar-refractivity contribution < 1.29 is 9.47 Å². The van der Waals surface area contributed by atoms with E-state index in [1.54, 1.807) is 0 Å². The van der Waals surface area contributed by atoms with E-state index in [9.17, 15) is 0 Å². The zero-order chi connectivity index (χ0) is 18.5. The number of aryl methyl sites for hydroxylation is 2. The van der Waals surface area contributed by atoms with Crippen molar-refractivity contribution in [2.24, 2.45) is 0 Å². The fourth-order valence-electron chi connectivity index (χ4n) is 3.33. The first-order valence-corrected chi connectivity index (χ1v) is 10.5. The second-order valence-electron chi connectivity index (χ2n) is 7.11. The number of hydrogen-bond donors (Lipinski definition) is 0. The van der Waals surface area contributed by atoms with Gasteiger partial charge >= 0.3 is 0 Å². The molecule has 0 spiro atoms. The van der Waals surface area contributed by atoms with Gasteiger partial charge in [0, 0.05) is 26.4 Å². The summed E-state index contributed by atoms with van der Waals surface area (Å²) in [7, 11) is 0. The van der Waals surface area contributed by atoms with Gasteiger partial charge in [0.1, 0.15) is 0 Å². The number of ether oxygens (including phenoxy) is 2. The minimum atomic E-state index is 0.890. The lowest BCUT2D eigenvalue weighted by Gasteiger charge is -2.12. The normalized spacial score (nSPS) is 11.3. The molecule has 0 heterocycles. The van der Waals surface area contributed by atoms with Gasteiger partial charge < -0.3 is 9.47 Å². The minimum absolute atomic E-state index is 0.890. The van der Waals surface area contributed by atoms with E-state index in [0.29, 0.717) is 0 Å². The fourth-order valence-corrected chi connectivity index (χ4v) is 3.33. The number of fused-ring (bicyclic) bond motifs is 1. The maximum absolute atomic E-state index is 5.62. The van der Waals surface area contributed by atoms with E-state index in [1.807, 2.05) is 0 Å². The maximum atomic E-state index is 5.62. The first-order chi connectivity index (χ1) is 12.8. The molecule has 26 heavy (non-hydrogen) atoms. The zero-order valence-electron chi connectivity index (χ0n) is 16.8. The van der Waals surface area contributed by atoms with Crippen LogP contribution in [0.25, 0.3) is 10.8 Å². The van der Waals surface area contributed by atoms with Crippen LogP contribution >= 0.6 is 0 Å². The smallest absolute Gasteiger partial charge is 0.0466 e. The Balaban J connectivity index is 1.91. The van der Waals surface area contributed by atoms with Crippen molar-refractivity contribution in [1.29, 1.82) is 0 Å². The molecule has 2 heteroatoms. The maximum Gasteiger partial charge on any atom is 0.0466 e. The van der Waals surface area contributed by atoms with Gasteiger partial charge in [-0.2, -0.15) is 0 Å². The molecule has 0 aliphatic heterocycles. The summed E-state index contributed by atoms with van der Waals surface area (Å²) >= 11 is 0. The van der Waals surface area contributed by atoms with E-state index < -0.39 is 0 Å². The molecule has 0 N–H and O–H groups in total. The summed E-state index contributed by atoms with van der Waals surface area (Å²) in [5.74, 6) is 0. The third kappa shape index (κ3) is 7.47. The summed E-state index contributed by atoms with van der Waals surface area (Å²) in [6, 6.07) is 13.5. The number of rotatable bonds is 14. The Morgan fingerprint density at radius 1 is 0.615 bits per heavy atom. The molecule has 0 aromatic heterocycles. The van der Waals surface area contributed by atoms with Crippen LogP contribution in [0.4, 0.5) is 0 Å². The average Bonchev–Trinajstić information content (AvgIpc) is 2.67. The highest BCUT2D eigenvalue weighted by Crippen LogP contribution is 2.23. The Labute approximate surface area is 159 Å². The topological polar surface area (TPSA) is 18.5 Å². The summed E-state index contributed by atoms with van der Waals surface area (Å²) in [6.07, 6.45) is 9.23. The Bertz CT molecular complexity index is 566. The second kappa shape index (κ2) is 12.9. The van der Waals surface area contributed by atoms with Gasteiger partial charge in [0.05, 0.1) is 0 Å². The Hall–Kier alpha value is -1.38. The van der Waals surface area contributed by atoms with Gasteiger partial charge in [-0.15, -0.1) is 0 Å². The lowest BCUT2D eigenvalue weighted by atomic mass is 9.94. The average molecular weight is 357 g/mol. The van der Waals surface area contributed by atoms with Gasteiger partial charge in [0.25, 0.3) is 0 Å². The third-order valence-electron chi connectivity index (χ3n) is 4.73. The molecule has 0 amide bonds. The van der Waals surface area contributed by atoms with Crippen molar-refractivity contribution in [2.75, 3.05) is 26.4 Å². The Morgan fingerprint density at radius 3 is 1.50 bits per heavy atom. The van der Waals surface area contributed by atoms with Crippen LogP contribution in [0.2, 0.25) is 0 Å². The van der Waals surface area contributed by atoms with E-state index in [2.05, 4.69) is 50.2 Å². The van der Waals surface area contributed by atoms with Gasteiger partial charge in [-0.3, -0.25) is 0 Å². The molecule has 0 radical (unpaired) electrons. The van der Waals surface area contributed by atoms with Gasteiger partial charge in [0.2, 0.25) is 0 Å². The fraction of sp³-hybridized carbons (Fsp3) is 0.583. The summed E-state index contributed by atoms with van der Waals surface area (Å²) in [5.41, 5.74) is 3.04. The van der Waals surface area contributed by atoms with Gasteiger partial charge in [-0.1, -0.05) is 50.2 Å². The molecule has 2 aromatic rings. The summed E-state index contributed by atoms with van der Waals surface area (Å²) in [4.78, 5) is 0. The van der Waals surface area contributed by atoms with E-state index in [-0.39, 0.29) is 0 Å². The molecular formula is C24H36O2. The first kappa shape index (κ1) is 20.9. The highest BCUT2D eigenvalue weighted by Gasteiger charge is 2.06. The molecule has 2 rings (SSSR count). The second-order valence-corrected chi connectivity index (χ2v) is 7.11. The Morgan fingerprint density at radius 2 is 1.08 bits per heavy atom. The molecule has 0 unspecified atom stereocenters. The molecule has 0 fully saturated rings. The van der Waals surface area contributed by atoms with Gasteiger partial charge in [-0.25, -0.2) is 0 Å². The van der Waals surface area contributed by atoms with Crippen LogP contribution in [-0.4, -0.2) is 26.4 Å².